The number of nitro groups is 1. The maximum atomic E-state index is 13.6. The zero-order valence-corrected chi connectivity index (χ0v) is 11.2. The molecule has 1 atom stereocenters. The summed E-state index contributed by atoms with van der Waals surface area (Å²) < 4.78 is 13.6. The number of carbonyl (C=O) groups excluding carboxylic acids is 1. The van der Waals surface area contributed by atoms with Gasteiger partial charge >= 0.3 is 11.7 Å². The van der Waals surface area contributed by atoms with Gasteiger partial charge < -0.3 is 5.11 Å². The zero-order valence-electron chi connectivity index (χ0n) is 11.2. The lowest BCUT2D eigenvalue weighted by Gasteiger charge is -2.31. The van der Waals surface area contributed by atoms with Crippen molar-refractivity contribution in [3.63, 3.8) is 0 Å². The number of ketones is 1. The van der Waals surface area contributed by atoms with Gasteiger partial charge in [-0.3, -0.25) is 19.7 Å². The third-order valence-corrected chi connectivity index (χ3v) is 3.92. The molecular weight excluding hydrogens is 281 g/mol. The first-order chi connectivity index (χ1) is 9.86. The van der Waals surface area contributed by atoms with Crippen LogP contribution in [0.3, 0.4) is 0 Å². The van der Waals surface area contributed by atoms with Gasteiger partial charge in [0.1, 0.15) is 5.41 Å². The molecule has 0 bridgehead atoms. The van der Waals surface area contributed by atoms with Gasteiger partial charge in [-0.25, -0.2) is 0 Å². The van der Waals surface area contributed by atoms with E-state index in [-0.39, 0.29) is 30.6 Å². The summed E-state index contributed by atoms with van der Waals surface area (Å²) in [7, 11) is 0. The molecule has 1 aromatic rings. The van der Waals surface area contributed by atoms with Crippen molar-refractivity contribution in [3.8, 4) is 0 Å². The number of benzene rings is 1. The highest BCUT2D eigenvalue weighted by atomic mass is 19.1. The Bertz CT molecular complexity index is 615. The number of nitro benzene ring substituents is 1. The van der Waals surface area contributed by atoms with E-state index in [1.165, 1.54) is 6.07 Å². The van der Waals surface area contributed by atoms with E-state index >= 15 is 0 Å². The number of hydrogen-bond acceptors (Lipinski definition) is 4. The summed E-state index contributed by atoms with van der Waals surface area (Å²) in [6, 6.07) is 3.23. The van der Waals surface area contributed by atoms with Crippen LogP contribution in [0, 0.1) is 21.3 Å². The molecule has 1 saturated carbocycles. The van der Waals surface area contributed by atoms with Gasteiger partial charge in [-0.2, -0.15) is 4.39 Å². The fraction of sp³-hybridized carbons (Fsp3) is 0.429. The lowest BCUT2D eigenvalue weighted by atomic mass is 9.69. The minimum Gasteiger partial charge on any atom is -0.480 e. The van der Waals surface area contributed by atoms with Gasteiger partial charge in [-0.1, -0.05) is 12.5 Å². The highest BCUT2D eigenvalue weighted by Gasteiger charge is 2.46. The topological polar surface area (TPSA) is 97.5 Å². The molecule has 6 nitrogen and oxygen atoms in total. The Hall–Kier alpha value is -2.31. The average molecular weight is 295 g/mol. The number of Topliss-reactive ketones (excluding diaryl/α,β-unsaturated/α-hetero) is 1. The van der Waals surface area contributed by atoms with E-state index in [9.17, 15) is 29.2 Å². The standard InChI is InChI=1S/C14H14FNO5/c15-10-7-9(4-5-11(10)16(20)21)8-14(13(18)19)6-2-1-3-12(14)17/h4-5,7H,1-3,6,8H2,(H,18,19). The van der Waals surface area contributed by atoms with Gasteiger partial charge in [0.25, 0.3) is 0 Å². The molecule has 1 aliphatic carbocycles. The van der Waals surface area contributed by atoms with E-state index in [2.05, 4.69) is 0 Å². The van der Waals surface area contributed by atoms with Crippen LogP contribution in [-0.2, 0) is 16.0 Å². The van der Waals surface area contributed by atoms with Crippen molar-refractivity contribution in [1.29, 1.82) is 0 Å². The van der Waals surface area contributed by atoms with Crippen LogP contribution >= 0.6 is 0 Å². The molecule has 0 spiro atoms. The molecule has 1 N–H and O–H groups in total. The van der Waals surface area contributed by atoms with Crippen molar-refractivity contribution in [2.75, 3.05) is 0 Å². The SMILES string of the molecule is O=C(O)C1(Cc2ccc([N+](=O)[O-])c(F)c2)CCCCC1=O. The van der Waals surface area contributed by atoms with E-state index in [1.54, 1.807) is 0 Å². The van der Waals surface area contributed by atoms with Crippen LogP contribution in [0.1, 0.15) is 31.2 Å². The van der Waals surface area contributed by atoms with Crippen molar-refractivity contribution in [1.82, 2.24) is 0 Å². The summed E-state index contributed by atoms with van der Waals surface area (Å²) in [4.78, 5) is 33.3. The second kappa shape index (κ2) is 5.59. The van der Waals surface area contributed by atoms with Gasteiger partial charge in [0, 0.05) is 12.5 Å². The number of halogens is 1. The minimum absolute atomic E-state index is 0.143. The van der Waals surface area contributed by atoms with Gasteiger partial charge in [0.15, 0.2) is 5.78 Å². The Morgan fingerprint density at radius 2 is 2.14 bits per heavy atom. The first kappa shape index (κ1) is 15.1. The molecule has 0 aromatic heterocycles. The molecule has 2 rings (SSSR count). The molecule has 0 amide bonds. The lowest BCUT2D eigenvalue weighted by Crippen LogP contribution is -2.43. The van der Waals surface area contributed by atoms with Crippen molar-refractivity contribution < 1.29 is 24.0 Å². The molecule has 0 heterocycles. The molecule has 0 radical (unpaired) electrons. The van der Waals surface area contributed by atoms with Crippen LogP contribution in [0.25, 0.3) is 0 Å². The average Bonchev–Trinajstić information content (AvgIpc) is 2.41. The quantitative estimate of drug-likeness (QED) is 0.523. The number of hydrogen-bond donors (Lipinski definition) is 1. The molecule has 7 heteroatoms. The number of nitrogens with zero attached hydrogens (tertiary/aromatic N) is 1. The highest BCUT2D eigenvalue weighted by Crippen LogP contribution is 2.37. The zero-order chi connectivity index (χ0) is 15.6. The van der Waals surface area contributed by atoms with Gasteiger partial charge in [-0.05, 0) is 30.9 Å². The van der Waals surface area contributed by atoms with E-state index in [4.69, 9.17) is 0 Å². The lowest BCUT2D eigenvalue weighted by molar-refractivity contribution is -0.387. The van der Waals surface area contributed by atoms with E-state index in [1.807, 2.05) is 0 Å². The second-order valence-corrected chi connectivity index (χ2v) is 5.24. The number of rotatable bonds is 4. The van der Waals surface area contributed by atoms with E-state index in [0.29, 0.717) is 12.8 Å². The maximum absolute atomic E-state index is 13.6. The summed E-state index contributed by atoms with van der Waals surface area (Å²) in [5.41, 5.74) is -1.94. The molecule has 0 aliphatic heterocycles. The third kappa shape index (κ3) is 2.76. The van der Waals surface area contributed by atoms with Crippen LogP contribution in [0.4, 0.5) is 10.1 Å². The van der Waals surface area contributed by atoms with Gasteiger partial charge in [0.05, 0.1) is 4.92 Å². The van der Waals surface area contributed by atoms with Crippen LogP contribution in [0.15, 0.2) is 18.2 Å². The van der Waals surface area contributed by atoms with Crippen molar-refractivity contribution in [2.45, 2.75) is 32.1 Å². The molecule has 0 saturated heterocycles. The molecule has 1 unspecified atom stereocenters. The monoisotopic (exact) mass is 295 g/mol. The minimum atomic E-state index is -1.54. The molecular formula is C14H14FNO5. The van der Waals surface area contributed by atoms with Crippen molar-refractivity contribution >= 4 is 17.4 Å². The van der Waals surface area contributed by atoms with Crippen molar-refractivity contribution in [2.24, 2.45) is 5.41 Å². The van der Waals surface area contributed by atoms with Crippen LogP contribution in [0.2, 0.25) is 0 Å². The molecule has 1 aromatic carbocycles. The third-order valence-electron chi connectivity index (χ3n) is 3.92. The number of carboxylic acid groups (broad SMARTS) is 1. The highest BCUT2D eigenvalue weighted by molar-refractivity contribution is 6.03. The summed E-state index contributed by atoms with van der Waals surface area (Å²) in [6.07, 6.45) is 1.54. The van der Waals surface area contributed by atoms with Crippen LogP contribution < -0.4 is 0 Å². The fourth-order valence-electron chi connectivity index (χ4n) is 2.74. The Balaban J connectivity index is 2.34. The number of aliphatic carboxylic acids is 1. The smallest absolute Gasteiger partial charge is 0.317 e. The summed E-state index contributed by atoms with van der Waals surface area (Å²) in [5, 5.41) is 20.0. The Morgan fingerprint density at radius 1 is 1.43 bits per heavy atom. The predicted octanol–water partition coefficient (Wildman–Crippen LogP) is 2.49. The maximum Gasteiger partial charge on any atom is 0.317 e. The van der Waals surface area contributed by atoms with Crippen molar-refractivity contribution in [3.05, 3.63) is 39.7 Å². The second-order valence-electron chi connectivity index (χ2n) is 5.24. The Labute approximate surface area is 119 Å². The summed E-state index contributed by atoms with van der Waals surface area (Å²) >= 11 is 0. The Kier molecular flexibility index (Phi) is 4.02. The molecule has 1 fully saturated rings. The van der Waals surface area contributed by atoms with Gasteiger partial charge in [-0.15, -0.1) is 0 Å². The summed E-state index contributed by atoms with van der Waals surface area (Å²) in [5.74, 6) is -2.60. The first-order valence-electron chi connectivity index (χ1n) is 6.56. The summed E-state index contributed by atoms with van der Waals surface area (Å²) in [6.45, 7) is 0. The predicted molar refractivity (Wildman–Crippen MR) is 70.3 cm³/mol. The van der Waals surface area contributed by atoms with E-state index < -0.39 is 27.8 Å². The molecule has 1 aliphatic rings. The molecule has 112 valence electrons. The van der Waals surface area contributed by atoms with E-state index in [0.717, 1.165) is 12.1 Å². The largest absolute Gasteiger partial charge is 0.480 e. The number of carbonyl (C=O) groups is 2. The number of carboxylic acids is 1. The van der Waals surface area contributed by atoms with Crippen LogP contribution in [-0.4, -0.2) is 21.8 Å². The molecule has 21 heavy (non-hydrogen) atoms. The van der Waals surface area contributed by atoms with Crippen LogP contribution in [0.5, 0.6) is 0 Å². The fourth-order valence-corrected chi connectivity index (χ4v) is 2.74. The Morgan fingerprint density at radius 3 is 2.67 bits per heavy atom. The normalized spacial score (nSPS) is 22.0. The first-order valence-corrected chi connectivity index (χ1v) is 6.56. The van der Waals surface area contributed by atoms with Gasteiger partial charge in [0.2, 0.25) is 5.82 Å².